The number of fused-ring (bicyclic) bond motifs is 1. The second kappa shape index (κ2) is 8.30. The van der Waals surface area contributed by atoms with Gasteiger partial charge in [-0.25, -0.2) is 9.97 Å². The number of carbonyl (C=O) groups is 1. The molecule has 0 spiro atoms. The van der Waals surface area contributed by atoms with Crippen molar-refractivity contribution >= 4 is 11.7 Å². The molecule has 1 aliphatic rings. The fourth-order valence-corrected chi connectivity index (χ4v) is 4.38. The molecule has 0 aliphatic carbocycles. The largest absolute Gasteiger partial charge is 0.337 e. The number of hydrogen-bond donors (Lipinski definition) is 0. The Morgan fingerprint density at radius 3 is 2.61 bits per heavy atom. The first kappa shape index (κ1) is 19.4. The van der Waals surface area contributed by atoms with Crippen molar-refractivity contribution in [1.29, 1.82) is 0 Å². The molecule has 31 heavy (non-hydrogen) atoms. The lowest BCUT2D eigenvalue weighted by atomic mass is 9.91. The molecule has 1 aliphatic heterocycles. The molecule has 0 bridgehead atoms. The number of hydrogen-bond acceptors (Lipinski definition) is 4. The molecule has 0 unspecified atom stereocenters. The first-order chi connectivity index (χ1) is 15.2. The number of aromatic nitrogens is 4. The van der Waals surface area contributed by atoms with Gasteiger partial charge < -0.3 is 4.90 Å². The number of rotatable bonds is 4. The quantitative estimate of drug-likeness (QED) is 0.508. The van der Waals surface area contributed by atoms with Gasteiger partial charge in [0.15, 0.2) is 0 Å². The summed E-state index contributed by atoms with van der Waals surface area (Å²) in [6.45, 7) is 3.50. The van der Waals surface area contributed by atoms with Crippen molar-refractivity contribution in [1.82, 2.24) is 24.3 Å². The molecular formula is C25H25N5O. The third kappa shape index (κ3) is 4.19. The van der Waals surface area contributed by atoms with Crippen LogP contribution in [0.2, 0.25) is 0 Å². The molecule has 6 nitrogen and oxygen atoms in total. The first-order valence-electron chi connectivity index (χ1n) is 10.8. The molecule has 4 heterocycles. The normalized spacial score (nSPS) is 14.8. The second-order valence-electron chi connectivity index (χ2n) is 8.22. The van der Waals surface area contributed by atoms with Crippen molar-refractivity contribution in [2.75, 3.05) is 13.1 Å². The lowest BCUT2D eigenvalue weighted by Crippen LogP contribution is -2.38. The van der Waals surface area contributed by atoms with E-state index in [1.54, 1.807) is 16.8 Å². The van der Waals surface area contributed by atoms with Crippen LogP contribution in [0.4, 0.5) is 0 Å². The molecule has 4 aromatic rings. The highest BCUT2D eigenvalue weighted by Gasteiger charge is 2.27. The smallest absolute Gasteiger partial charge is 0.274 e. The van der Waals surface area contributed by atoms with Crippen molar-refractivity contribution in [3.8, 4) is 0 Å². The van der Waals surface area contributed by atoms with E-state index >= 15 is 0 Å². The van der Waals surface area contributed by atoms with Crippen LogP contribution in [0.1, 0.15) is 51.8 Å². The Morgan fingerprint density at radius 1 is 1.03 bits per heavy atom. The van der Waals surface area contributed by atoms with Gasteiger partial charge in [-0.3, -0.25) is 14.2 Å². The Labute approximate surface area is 181 Å². The average Bonchev–Trinajstić information content (AvgIpc) is 3.23. The maximum Gasteiger partial charge on any atom is 0.274 e. The van der Waals surface area contributed by atoms with Crippen LogP contribution in [0.5, 0.6) is 0 Å². The minimum Gasteiger partial charge on any atom is -0.337 e. The highest BCUT2D eigenvalue weighted by atomic mass is 16.2. The molecular weight excluding hydrogens is 386 g/mol. The van der Waals surface area contributed by atoms with Gasteiger partial charge in [-0.15, -0.1) is 0 Å². The summed E-state index contributed by atoms with van der Waals surface area (Å²) in [5, 5.41) is 0. The lowest BCUT2D eigenvalue weighted by Gasteiger charge is -2.31. The van der Waals surface area contributed by atoms with E-state index in [1.807, 2.05) is 23.2 Å². The number of pyridine rings is 1. The van der Waals surface area contributed by atoms with E-state index in [-0.39, 0.29) is 5.91 Å². The molecule has 0 saturated carbocycles. The van der Waals surface area contributed by atoms with Crippen LogP contribution >= 0.6 is 0 Å². The number of benzene rings is 1. The average molecular weight is 412 g/mol. The third-order valence-electron chi connectivity index (χ3n) is 5.94. The van der Waals surface area contributed by atoms with E-state index in [0.29, 0.717) is 30.5 Å². The summed E-state index contributed by atoms with van der Waals surface area (Å²) >= 11 is 0. The highest BCUT2D eigenvalue weighted by molar-refractivity contribution is 5.92. The Morgan fingerprint density at radius 2 is 1.84 bits per heavy atom. The first-order valence-corrected chi connectivity index (χ1v) is 10.8. The molecule has 1 saturated heterocycles. The van der Waals surface area contributed by atoms with Crippen LogP contribution in [0.25, 0.3) is 5.78 Å². The van der Waals surface area contributed by atoms with E-state index in [9.17, 15) is 4.79 Å². The van der Waals surface area contributed by atoms with Gasteiger partial charge in [0.25, 0.3) is 5.91 Å². The van der Waals surface area contributed by atoms with Gasteiger partial charge in [0.05, 0.1) is 0 Å². The Kier molecular flexibility index (Phi) is 5.20. The topological polar surface area (TPSA) is 63.4 Å². The number of carbonyl (C=O) groups excluding carboxylic acids is 1. The monoisotopic (exact) mass is 411 g/mol. The summed E-state index contributed by atoms with van der Waals surface area (Å²) in [5.41, 5.74) is 5.26. The summed E-state index contributed by atoms with van der Waals surface area (Å²) in [5.74, 6) is 0.905. The number of piperidine rings is 1. The summed E-state index contributed by atoms with van der Waals surface area (Å²) in [7, 11) is 0. The van der Waals surface area contributed by atoms with Crippen LogP contribution in [0.15, 0.2) is 67.1 Å². The minimum atomic E-state index is -0.0223. The fraction of sp³-hybridized carbons (Fsp3) is 0.280. The third-order valence-corrected chi connectivity index (χ3v) is 5.94. The molecule has 156 valence electrons. The van der Waals surface area contributed by atoms with Gasteiger partial charge in [0.2, 0.25) is 5.78 Å². The van der Waals surface area contributed by atoms with Crippen molar-refractivity contribution in [3.05, 3.63) is 95.3 Å². The molecule has 0 radical (unpaired) electrons. The van der Waals surface area contributed by atoms with Crippen LogP contribution in [0.3, 0.4) is 0 Å². The van der Waals surface area contributed by atoms with Crippen LogP contribution < -0.4 is 0 Å². The van der Waals surface area contributed by atoms with Gasteiger partial charge in [-0.05, 0) is 55.5 Å². The minimum absolute atomic E-state index is 0.0223. The summed E-state index contributed by atoms with van der Waals surface area (Å²) < 4.78 is 1.78. The van der Waals surface area contributed by atoms with Crippen molar-refractivity contribution in [3.63, 3.8) is 0 Å². The Hall–Kier alpha value is -3.54. The van der Waals surface area contributed by atoms with Gasteiger partial charge in [-0.1, -0.05) is 30.3 Å². The molecule has 0 atom stereocenters. The summed E-state index contributed by atoms with van der Waals surface area (Å²) in [6.07, 6.45) is 8.04. The zero-order chi connectivity index (χ0) is 21.2. The summed E-state index contributed by atoms with van der Waals surface area (Å²) in [6, 6.07) is 16.8. The fourth-order valence-electron chi connectivity index (χ4n) is 4.38. The molecule has 1 fully saturated rings. The van der Waals surface area contributed by atoms with Gasteiger partial charge in [-0.2, -0.15) is 0 Å². The number of imidazole rings is 1. The zero-order valence-electron chi connectivity index (χ0n) is 17.6. The van der Waals surface area contributed by atoms with E-state index in [4.69, 9.17) is 4.98 Å². The molecule has 1 amide bonds. The van der Waals surface area contributed by atoms with E-state index in [1.165, 1.54) is 11.1 Å². The van der Waals surface area contributed by atoms with Gasteiger partial charge in [0.1, 0.15) is 5.69 Å². The standard InChI is InChI=1S/C25H25N5O/c1-18-14-20(15-19-6-3-2-4-7-19)16-22(27-18)21-8-12-29(13-9-21)24(31)23-17-30-11-5-10-26-25(30)28-23/h2-7,10-11,14,16-17,21H,8-9,12-13,15H2,1H3. The SMILES string of the molecule is Cc1cc(Cc2ccccc2)cc(C2CCN(C(=O)c3cn4cccnc4n3)CC2)n1. The van der Waals surface area contributed by atoms with Crippen molar-refractivity contribution < 1.29 is 4.79 Å². The molecule has 5 rings (SSSR count). The predicted octanol–water partition coefficient (Wildman–Crippen LogP) is 4.04. The van der Waals surface area contributed by atoms with Crippen LogP contribution in [-0.2, 0) is 6.42 Å². The molecule has 1 aromatic carbocycles. The number of amides is 1. The van der Waals surface area contributed by atoms with Gasteiger partial charge >= 0.3 is 0 Å². The van der Waals surface area contributed by atoms with Crippen molar-refractivity contribution in [2.24, 2.45) is 0 Å². The molecule has 0 N–H and O–H groups in total. The lowest BCUT2D eigenvalue weighted by molar-refractivity contribution is 0.0706. The van der Waals surface area contributed by atoms with Crippen molar-refractivity contribution in [2.45, 2.75) is 32.1 Å². The second-order valence-corrected chi connectivity index (χ2v) is 8.22. The van der Waals surface area contributed by atoms with E-state index in [2.05, 4.69) is 53.3 Å². The maximum atomic E-state index is 12.9. The van der Waals surface area contributed by atoms with Crippen LogP contribution in [-0.4, -0.2) is 43.2 Å². The Balaban J connectivity index is 1.27. The number of likely N-dealkylation sites (tertiary alicyclic amines) is 1. The zero-order valence-corrected chi connectivity index (χ0v) is 17.6. The maximum absolute atomic E-state index is 12.9. The van der Waals surface area contributed by atoms with Gasteiger partial charge in [0, 0.05) is 49.0 Å². The molecule has 6 heteroatoms. The number of aryl methyl sites for hydroxylation is 1. The number of nitrogens with zero attached hydrogens (tertiary/aromatic N) is 5. The van der Waals surface area contributed by atoms with E-state index < -0.39 is 0 Å². The molecule has 3 aromatic heterocycles. The summed E-state index contributed by atoms with van der Waals surface area (Å²) in [4.78, 5) is 28.2. The Bertz CT molecular complexity index is 1180. The highest BCUT2D eigenvalue weighted by Crippen LogP contribution is 2.29. The van der Waals surface area contributed by atoms with Crippen LogP contribution in [0, 0.1) is 6.92 Å². The van der Waals surface area contributed by atoms with E-state index in [0.717, 1.165) is 30.7 Å². The predicted molar refractivity (Wildman–Crippen MR) is 119 cm³/mol.